The number of hydrogen-bond acceptors (Lipinski definition) is 3. The van der Waals surface area contributed by atoms with Gasteiger partial charge in [-0.3, -0.25) is 9.69 Å². The molecule has 1 aromatic carbocycles. The van der Waals surface area contributed by atoms with Crippen molar-refractivity contribution in [2.45, 2.75) is 18.9 Å². The van der Waals surface area contributed by atoms with Gasteiger partial charge in [-0.1, -0.05) is 17.7 Å². The number of carbonyl (C=O) groups excluding carboxylic acids is 1. The molecule has 1 fully saturated rings. The van der Waals surface area contributed by atoms with Gasteiger partial charge in [0.05, 0.1) is 6.54 Å². The van der Waals surface area contributed by atoms with Crippen molar-refractivity contribution in [3.05, 3.63) is 29.3 Å². The zero-order valence-electron chi connectivity index (χ0n) is 10.6. The maximum atomic E-state index is 11.8. The summed E-state index contributed by atoms with van der Waals surface area (Å²) < 4.78 is 0. The van der Waals surface area contributed by atoms with Crippen molar-refractivity contribution in [1.82, 2.24) is 4.90 Å². The average molecular weight is 304 g/mol. The van der Waals surface area contributed by atoms with Gasteiger partial charge in [-0.2, -0.15) is 0 Å². The van der Waals surface area contributed by atoms with E-state index >= 15 is 0 Å². The van der Waals surface area contributed by atoms with Crippen molar-refractivity contribution in [3.8, 4) is 0 Å². The van der Waals surface area contributed by atoms with E-state index in [4.69, 9.17) is 17.3 Å². The van der Waals surface area contributed by atoms with E-state index in [0.29, 0.717) is 11.6 Å². The molecule has 1 aliphatic rings. The molecule has 6 heteroatoms. The number of halogens is 2. The molecule has 1 amide bonds. The first kappa shape index (κ1) is 16.2. The van der Waals surface area contributed by atoms with Crippen LogP contribution in [0.2, 0.25) is 5.02 Å². The van der Waals surface area contributed by atoms with E-state index in [1.54, 1.807) is 12.1 Å². The third-order valence-corrected chi connectivity index (χ3v) is 3.34. The summed E-state index contributed by atoms with van der Waals surface area (Å²) in [6.45, 7) is 2.20. The summed E-state index contributed by atoms with van der Waals surface area (Å²) in [5.41, 5.74) is 6.56. The predicted molar refractivity (Wildman–Crippen MR) is 81.0 cm³/mol. The van der Waals surface area contributed by atoms with Gasteiger partial charge in [-0.15, -0.1) is 12.4 Å². The molecule has 0 saturated carbocycles. The summed E-state index contributed by atoms with van der Waals surface area (Å²) in [6, 6.07) is 7.46. The Kier molecular flexibility index (Phi) is 6.58. The fourth-order valence-corrected chi connectivity index (χ4v) is 2.27. The number of piperidine rings is 1. The van der Waals surface area contributed by atoms with Gasteiger partial charge in [0.25, 0.3) is 0 Å². The second-order valence-corrected chi connectivity index (χ2v) is 5.11. The molecule has 0 unspecified atom stereocenters. The molecule has 0 bridgehead atoms. The highest BCUT2D eigenvalue weighted by atomic mass is 35.5. The number of rotatable bonds is 3. The SMILES string of the molecule is Cl.NC1CCN(CC(=O)Nc2cccc(Cl)c2)CC1. The number of nitrogens with one attached hydrogen (secondary N) is 1. The number of hydrogen-bond donors (Lipinski definition) is 2. The Hall–Kier alpha value is -0.810. The van der Waals surface area contributed by atoms with Crippen LogP contribution in [0.15, 0.2) is 24.3 Å². The Balaban J connectivity index is 0.00000180. The number of nitrogens with two attached hydrogens (primary N) is 1. The summed E-state index contributed by atoms with van der Waals surface area (Å²) in [5, 5.41) is 3.47. The Morgan fingerprint density at radius 3 is 2.74 bits per heavy atom. The molecule has 0 aromatic heterocycles. The summed E-state index contributed by atoms with van der Waals surface area (Å²) >= 11 is 5.86. The molecule has 1 aliphatic heterocycles. The molecular weight excluding hydrogens is 285 g/mol. The topological polar surface area (TPSA) is 58.4 Å². The van der Waals surface area contributed by atoms with Gasteiger partial charge in [-0.05, 0) is 31.0 Å². The predicted octanol–water partition coefficient (Wildman–Crippen LogP) is 2.12. The van der Waals surface area contributed by atoms with Gasteiger partial charge >= 0.3 is 0 Å². The molecule has 3 N–H and O–H groups in total. The van der Waals surface area contributed by atoms with Gasteiger partial charge in [0.1, 0.15) is 0 Å². The van der Waals surface area contributed by atoms with Crippen LogP contribution in [0.3, 0.4) is 0 Å². The van der Waals surface area contributed by atoms with Crippen LogP contribution in [0.25, 0.3) is 0 Å². The van der Waals surface area contributed by atoms with E-state index in [2.05, 4.69) is 10.2 Å². The minimum Gasteiger partial charge on any atom is -0.328 e. The van der Waals surface area contributed by atoms with Crippen molar-refractivity contribution in [2.75, 3.05) is 25.0 Å². The van der Waals surface area contributed by atoms with E-state index in [9.17, 15) is 4.79 Å². The highest BCUT2D eigenvalue weighted by Crippen LogP contribution is 2.15. The number of benzene rings is 1. The molecule has 106 valence electrons. The Morgan fingerprint density at radius 1 is 1.42 bits per heavy atom. The Bertz CT molecular complexity index is 420. The van der Waals surface area contributed by atoms with E-state index < -0.39 is 0 Å². The molecule has 19 heavy (non-hydrogen) atoms. The van der Waals surface area contributed by atoms with Crippen molar-refractivity contribution >= 4 is 35.6 Å². The second kappa shape index (κ2) is 7.70. The third kappa shape index (κ3) is 5.37. The average Bonchev–Trinajstić information content (AvgIpc) is 2.32. The number of carbonyl (C=O) groups is 1. The first-order valence-electron chi connectivity index (χ1n) is 6.17. The quantitative estimate of drug-likeness (QED) is 0.899. The van der Waals surface area contributed by atoms with Gasteiger partial charge in [0.15, 0.2) is 0 Å². The van der Waals surface area contributed by atoms with Crippen molar-refractivity contribution < 1.29 is 4.79 Å². The maximum Gasteiger partial charge on any atom is 0.238 e. The van der Waals surface area contributed by atoms with Crippen LogP contribution in [-0.2, 0) is 4.79 Å². The first-order valence-corrected chi connectivity index (χ1v) is 6.54. The standard InChI is InChI=1S/C13H18ClN3O.ClH/c14-10-2-1-3-12(8-10)16-13(18)9-17-6-4-11(15)5-7-17;/h1-3,8,11H,4-7,9,15H2,(H,16,18);1H. The molecule has 1 heterocycles. The van der Waals surface area contributed by atoms with Gasteiger partial charge in [0, 0.05) is 29.8 Å². The molecule has 2 rings (SSSR count). The normalized spacial score (nSPS) is 16.7. The van der Waals surface area contributed by atoms with Crippen LogP contribution in [0.1, 0.15) is 12.8 Å². The number of amides is 1. The van der Waals surface area contributed by atoms with Crippen molar-refractivity contribution in [2.24, 2.45) is 5.73 Å². The highest BCUT2D eigenvalue weighted by molar-refractivity contribution is 6.30. The largest absolute Gasteiger partial charge is 0.328 e. The van der Waals surface area contributed by atoms with Crippen LogP contribution in [-0.4, -0.2) is 36.5 Å². The lowest BCUT2D eigenvalue weighted by molar-refractivity contribution is -0.117. The van der Waals surface area contributed by atoms with E-state index in [1.807, 2.05) is 12.1 Å². The van der Waals surface area contributed by atoms with Crippen molar-refractivity contribution in [3.63, 3.8) is 0 Å². The van der Waals surface area contributed by atoms with Gasteiger partial charge in [-0.25, -0.2) is 0 Å². The molecule has 4 nitrogen and oxygen atoms in total. The first-order chi connectivity index (χ1) is 8.63. The summed E-state index contributed by atoms with van der Waals surface area (Å²) in [7, 11) is 0. The number of nitrogens with zero attached hydrogens (tertiary/aromatic N) is 1. The molecule has 1 aromatic rings. The molecule has 0 radical (unpaired) electrons. The minimum absolute atomic E-state index is 0. The van der Waals surface area contributed by atoms with Crippen LogP contribution in [0.5, 0.6) is 0 Å². The van der Waals surface area contributed by atoms with Gasteiger partial charge < -0.3 is 11.1 Å². The molecular formula is C13H19Cl2N3O. The van der Waals surface area contributed by atoms with E-state index in [1.165, 1.54) is 0 Å². The monoisotopic (exact) mass is 303 g/mol. The lowest BCUT2D eigenvalue weighted by Crippen LogP contribution is -2.43. The zero-order valence-corrected chi connectivity index (χ0v) is 12.2. The fourth-order valence-electron chi connectivity index (χ4n) is 2.08. The van der Waals surface area contributed by atoms with Crippen molar-refractivity contribution in [1.29, 1.82) is 0 Å². The Morgan fingerprint density at radius 2 is 2.11 bits per heavy atom. The summed E-state index contributed by atoms with van der Waals surface area (Å²) in [4.78, 5) is 14.0. The summed E-state index contributed by atoms with van der Waals surface area (Å²) in [5.74, 6) is -0.00672. The van der Waals surface area contributed by atoms with Crippen LogP contribution in [0, 0.1) is 0 Å². The maximum absolute atomic E-state index is 11.8. The molecule has 1 saturated heterocycles. The lowest BCUT2D eigenvalue weighted by Gasteiger charge is -2.29. The molecule has 0 atom stereocenters. The third-order valence-electron chi connectivity index (χ3n) is 3.11. The Labute approximate surface area is 124 Å². The fraction of sp³-hybridized carbons (Fsp3) is 0.462. The molecule has 0 spiro atoms. The van der Waals surface area contributed by atoms with E-state index in [0.717, 1.165) is 31.6 Å². The van der Waals surface area contributed by atoms with E-state index in [-0.39, 0.29) is 24.4 Å². The van der Waals surface area contributed by atoms with Crippen LogP contribution in [0.4, 0.5) is 5.69 Å². The van der Waals surface area contributed by atoms with Crippen LogP contribution < -0.4 is 11.1 Å². The van der Waals surface area contributed by atoms with Gasteiger partial charge in [0.2, 0.25) is 5.91 Å². The lowest BCUT2D eigenvalue weighted by atomic mass is 10.1. The second-order valence-electron chi connectivity index (χ2n) is 4.67. The summed E-state index contributed by atoms with van der Waals surface area (Å²) in [6.07, 6.45) is 1.93. The smallest absolute Gasteiger partial charge is 0.238 e. The number of likely N-dealkylation sites (tertiary alicyclic amines) is 1. The van der Waals surface area contributed by atoms with Crippen LogP contribution >= 0.6 is 24.0 Å². The number of anilines is 1. The highest BCUT2D eigenvalue weighted by Gasteiger charge is 2.18. The molecule has 0 aliphatic carbocycles. The minimum atomic E-state index is -0.00672. The zero-order chi connectivity index (χ0) is 13.0.